The Bertz CT molecular complexity index is 456. The Hall–Kier alpha value is -2.19. The van der Waals surface area contributed by atoms with Crippen LogP contribution in [0.25, 0.3) is 0 Å². The van der Waals surface area contributed by atoms with Crippen molar-refractivity contribution in [3.05, 3.63) is 34.4 Å². The topological polar surface area (TPSA) is 111 Å². The van der Waals surface area contributed by atoms with Crippen LogP contribution >= 0.6 is 0 Å². The third kappa shape index (κ3) is 6.19. The maximum Gasteiger partial charge on any atom is 0.269 e. The maximum atomic E-state index is 11.7. The van der Waals surface area contributed by atoms with E-state index in [4.69, 9.17) is 14.6 Å². The second-order valence-electron chi connectivity index (χ2n) is 4.27. The van der Waals surface area contributed by atoms with Gasteiger partial charge >= 0.3 is 0 Å². The molecule has 0 aliphatic rings. The second kappa shape index (κ2) is 8.88. The van der Waals surface area contributed by atoms with Crippen LogP contribution in [0.2, 0.25) is 0 Å². The maximum absolute atomic E-state index is 11.7. The molecular formula is C13H18N2O6. The minimum absolute atomic E-state index is 0.0464. The van der Waals surface area contributed by atoms with Crippen molar-refractivity contribution in [1.29, 1.82) is 0 Å². The number of nitrogens with one attached hydrogen (secondary N) is 1. The van der Waals surface area contributed by atoms with Crippen molar-refractivity contribution in [3.8, 4) is 5.75 Å². The summed E-state index contributed by atoms with van der Waals surface area (Å²) in [5.41, 5.74) is -0.0464. The third-order valence-corrected chi connectivity index (χ3v) is 2.63. The standard InChI is InChI=1S/C13H18N2O6/c1-20-8-10(6-7-16)14-13(17)9-21-12-4-2-11(3-5-12)15(18)19/h2-5,10,16H,6-9H2,1H3,(H,14,17). The molecule has 1 atom stereocenters. The number of rotatable bonds is 9. The Balaban J connectivity index is 2.42. The number of aliphatic hydroxyl groups is 1. The summed E-state index contributed by atoms with van der Waals surface area (Å²) >= 11 is 0. The zero-order chi connectivity index (χ0) is 15.7. The van der Waals surface area contributed by atoms with E-state index in [0.29, 0.717) is 18.8 Å². The minimum Gasteiger partial charge on any atom is -0.484 e. The number of nitro groups is 1. The number of hydrogen-bond donors (Lipinski definition) is 2. The van der Waals surface area contributed by atoms with Crippen LogP contribution in [-0.2, 0) is 9.53 Å². The number of benzene rings is 1. The Morgan fingerprint density at radius 3 is 2.62 bits per heavy atom. The summed E-state index contributed by atoms with van der Waals surface area (Å²) in [5.74, 6) is 0.00468. The van der Waals surface area contributed by atoms with E-state index in [2.05, 4.69) is 5.32 Å². The Kier molecular flexibility index (Phi) is 7.13. The van der Waals surface area contributed by atoms with Gasteiger partial charge < -0.3 is 19.9 Å². The molecule has 8 nitrogen and oxygen atoms in total. The lowest BCUT2D eigenvalue weighted by molar-refractivity contribution is -0.384. The van der Waals surface area contributed by atoms with Gasteiger partial charge in [-0.25, -0.2) is 0 Å². The summed E-state index contributed by atoms with van der Waals surface area (Å²) < 4.78 is 10.1. The molecule has 0 aliphatic heterocycles. The van der Waals surface area contributed by atoms with E-state index < -0.39 is 4.92 Å². The van der Waals surface area contributed by atoms with Crippen LogP contribution in [-0.4, -0.2) is 48.9 Å². The zero-order valence-electron chi connectivity index (χ0n) is 11.7. The van der Waals surface area contributed by atoms with Crippen molar-refractivity contribution in [1.82, 2.24) is 5.32 Å². The fraction of sp³-hybridized carbons (Fsp3) is 0.462. The van der Waals surface area contributed by atoms with E-state index in [9.17, 15) is 14.9 Å². The van der Waals surface area contributed by atoms with Crippen molar-refractivity contribution in [2.75, 3.05) is 26.9 Å². The van der Waals surface area contributed by atoms with Crippen molar-refractivity contribution in [3.63, 3.8) is 0 Å². The second-order valence-corrected chi connectivity index (χ2v) is 4.27. The summed E-state index contributed by atoms with van der Waals surface area (Å²) in [6.07, 6.45) is 0.386. The molecule has 0 fully saturated rings. The molecule has 0 saturated carbocycles. The van der Waals surface area contributed by atoms with Gasteiger partial charge in [0.05, 0.1) is 17.6 Å². The highest BCUT2D eigenvalue weighted by Gasteiger charge is 2.12. The third-order valence-electron chi connectivity index (χ3n) is 2.63. The lowest BCUT2D eigenvalue weighted by Crippen LogP contribution is -2.41. The molecule has 1 aromatic carbocycles. The van der Waals surface area contributed by atoms with Crippen molar-refractivity contribution in [2.24, 2.45) is 0 Å². The summed E-state index contributed by atoms with van der Waals surface area (Å²) in [4.78, 5) is 21.6. The minimum atomic E-state index is -0.513. The molecule has 21 heavy (non-hydrogen) atoms. The summed E-state index contributed by atoms with van der Waals surface area (Å²) in [7, 11) is 1.50. The van der Waals surface area contributed by atoms with Gasteiger partial charge in [-0.1, -0.05) is 0 Å². The highest BCUT2D eigenvalue weighted by molar-refractivity contribution is 5.77. The first-order valence-corrected chi connectivity index (χ1v) is 6.33. The van der Waals surface area contributed by atoms with Crippen LogP contribution in [0, 0.1) is 10.1 Å². The summed E-state index contributed by atoms with van der Waals surface area (Å²) in [5, 5.41) is 22.0. The molecule has 116 valence electrons. The van der Waals surface area contributed by atoms with E-state index in [-0.39, 0.29) is 30.9 Å². The fourth-order valence-electron chi connectivity index (χ4n) is 1.64. The van der Waals surface area contributed by atoms with E-state index in [1.165, 1.54) is 31.4 Å². The number of nitro benzene ring substituents is 1. The number of hydrogen-bond acceptors (Lipinski definition) is 6. The average Bonchev–Trinajstić information content (AvgIpc) is 2.46. The van der Waals surface area contributed by atoms with Gasteiger partial charge in [0.1, 0.15) is 5.75 Å². The monoisotopic (exact) mass is 298 g/mol. The molecule has 1 rings (SSSR count). The average molecular weight is 298 g/mol. The lowest BCUT2D eigenvalue weighted by Gasteiger charge is -2.16. The number of carbonyl (C=O) groups is 1. The first kappa shape index (κ1) is 16.9. The van der Waals surface area contributed by atoms with Gasteiger partial charge in [-0.05, 0) is 18.6 Å². The number of aliphatic hydroxyl groups excluding tert-OH is 1. The molecule has 1 aromatic rings. The van der Waals surface area contributed by atoms with Gasteiger partial charge in [0.25, 0.3) is 11.6 Å². The molecule has 0 aromatic heterocycles. The lowest BCUT2D eigenvalue weighted by atomic mass is 10.2. The van der Waals surface area contributed by atoms with Crippen LogP contribution in [0.5, 0.6) is 5.75 Å². The van der Waals surface area contributed by atoms with Gasteiger partial charge in [0.15, 0.2) is 6.61 Å². The van der Waals surface area contributed by atoms with Crippen LogP contribution in [0.3, 0.4) is 0 Å². The zero-order valence-corrected chi connectivity index (χ0v) is 11.7. The quantitative estimate of drug-likeness (QED) is 0.507. The molecule has 1 amide bonds. The Labute approximate surface area is 121 Å². The van der Waals surface area contributed by atoms with Gasteiger partial charge in [-0.2, -0.15) is 0 Å². The molecule has 0 aliphatic carbocycles. The molecule has 1 unspecified atom stereocenters. The fourth-order valence-corrected chi connectivity index (χ4v) is 1.64. The number of nitrogens with zero attached hydrogens (tertiary/aromatic N) is 1. The first-order valence-electron chi connectivity index (χ1n) is 6.33. The predicted molar refractivity (Wildman–Crippen MR) is 74.1 cm³/mol. The predicted octanol–water partition coefficient (Wildman–Crippen LogP) is 0.487. The number of carbonyl (C=O) groups excluding carboxylic acids is 1. The van der Waals surface area contributed by atoms with Gasteiger partial charge in [0.2, 0.25) is 0 Å². The molecule has 0 saturated heterocycles. The molecule has 0 spiro atoms. The normalized spacial score (nSPS) is 11.7. The van der Waals surface area contributed by atoms with Crippen molar-refractivity contribution in [2.45, 2.75) is 12.5 Å². The van der Waals surface area contributed by atoms with E-state index in [0.717, 1.165) is 0 Å². The van der Waals surface area contributed by atoms with Gasteiger partial charge in [-0.15, -0.1) is 0 Å². The van der Waals surface area contributed by atoms with Gasteiger partial charge in [-0.3, -0.25) is 14.9 Å². The van der Waals surface area contributed by atoms with Crippen LogP contribution in [0.1, 0.15) is 6.42 Å². The molecule has 0 radical (unpaired) electrons. The number of ether oxygens (including phenoxy) is 2. The number of amides is 1. The molecular weight excluding hydrogens is 280 g/mol. The first-order chi connectivity index (χ1) is 10.1. The van der Waals surface area contributed by atoms with Crippen molar-refractivity contribution < 1.29 is 24.3 Å². The summed E-state index contributed by atoms with van der Waals surface area (Å²) in [6, 6.07) is 5.16. The van der Waals surface area contributed by atoms with E-state index >= 15 is 0 Å². The number of methoxy groups -OCH3 is 1. The van der Waals surface area contributed by atoms with Crippen LogP contribution in [0.4, 0.5) is 5.69 Å². The van der Waals surface area contributed by atoms with E-state index in [1.807, 2.05) is 0 Å². The highest BCUT2D eigenvalue weighted by Crippen LogP contribution is 2.17. The summed E-state index contributed by atoms with van der Waals surface area (Å²) in [6.45, 7) is 0.0187. The molecule has 0 bridgehead atoms. The van der Waals surface area contributed by atoms with E-state index in [1.54, 1.807) is 0 Å². The molecule has 0 heterocycles. The largest absolute Gasteiger partial charge is 0.484 e. The smallest absolute Gasteiger partial charge is 0.269 e. The SMILES string of the molecule is COCC(CCO)NC(=O)COc1ccc([N+](=O)[O-])cc1. The molecule has 8 heteroatoms. The molecule has 2 N–H and O–H groups in total. The van der Waals surface area contributed by atoms with Crippen LogP contribution < -0.4 is 10.1 Å². The Morgan fingerprint density at radius 2 is 2.10 bits per heavy atom. The highest BCUT2D eigenvalue weighted by atomic mass is 16.6. The van der Waals surface area contributed by atoms with Crippen molar-refractivity contribution >= 4 is 11.6 Å². The Morgan fingerprint density at radius 1 is 1.43 bits per heavy atom. The van der Waals surface area contributed by atoms with Crippen LogP contribution in [0.15, 0.2) is 24.3 Å². The van der Waals surface area contributed by atoms with Gasteiger partial charge in [0, 0.05) is 25.8 Å². The number of non-ortho nitro benzene ring substituents is 1.